The van der Waals surface area contributed by atoms with Crippen LogP contribution in [-0.2, 0) is 4.74 Å². The molecule has 1 saturated heterocycles. The highest BCUT2D eigenvalue weighted by molar-refractivity contribution is 5.69. The van der Waals surface area contributed by atoms with Crippen LogP contribution in [0.25, 0.3) is 0 Å². The van der Waals surface area contributed by atoms with E-state index < -0.39 is 5.60 Å². The molecular formula is C16H22N4O3. The van der Waals surface area contributed by atoms with E-state index in [9.17, 15) is 4.79 Å². The summed E-state index contributed by atoms with van der Waals surface area (Å²) in [6, 6.07) is 3.51. The predicted octanol–water partition coefficient (Wildman–Crippen LogP) is 2.52. The lowest BCUT2D eigenvalue weighted by Gasteiger charge is -2.31. The maximum atomic E-state index is 12.3. The first-order chi connectivity index (χ1) is 10.8. The van der Waals surface area contributed by atoms with Crippen molar-refractivity contribution in [2.45, 2.75) is 58.3 Å². The van der Waals surface area contributed by atoms with Gasteiger partial charge in [0.25, 0.3) is 0 Å². The smallest absolute Gasteiger partial charge is 0.410 e. The third-order valence-corrected chi connectivity index (χ3v) is 3.51. The first-order valence-corrected chi connectivity index (χ1v) is 7.69. The first-order valence-electron chi connectivity index (χ1n) is 7.69. The monoisotopic (exact) mass is 318 g/mol. The molecule has 1 aliphatic rings. The summed E-state index contributed by atoms with van der Waals surface area (Å²) in [5.41, 5.74) is -0.281. The Kier molecular flexibility index (Phi) is 5.04. The largest absolute Gasteiger partial charge is 0.458 e. The fraction of sp³-hybridized carbons (Fsp3) is 0.625. The van der Waals surface area contributed by atoms with Gasteiger partial charge in [0.1, 0.15) is 23.5 Å². The van der Waals surface area contributed by atoms with Gasteiger partial charge in [-0.2, -0.15) is 10.2 Å². The van der Waals surface area contributed by atoms with Gasteiger partial charge in [0.05, 0.1) is 6.04 Å². The zero-order valence-corrected chi connectivity index (χ0v) is 13.9. The Morgan fingerprint density at radius 1 is 1.52 bits per heavy atom. The molecule has 7 heteroatoms. The molecule has 0 saturated carbocycles. The van der Waals surface area contributed by atoms with Crippen LogP contribution in [0.4, 0.5) is 4.79 Å². The molecule has 2 atom stereocenters. The van der Waals surface area contributed by atoms with Gasteiger partial charge >= 0.3 is 12.1 Å². The van der Waals surface area contributed by atoms with Crippen LogP contribution in [-0.4, -0.2) is 45.3 Å². The number of rotatable bonds is 3. The minimum Gasteiger partial charge on any atom is -0.458 e. The summed E-state index contributed by atoms with van der Waals surface area (Å²) in [6.07, 6.45) is 2.59. The Hall–Kier alpha value is -2.36. The fourth-order valence-electron chi connectivity index (χ4n) is 2.53. The second-order valence-corrected chi connectivity index (χ2v) is 6.54. The number of carbonyl (C=O) groups is 1. The predicted molar refractivity (Wildman–Crippen MR) is 82.8 cm³/mol. The summed E-state index contributed by atoms with van der Waals surface area (Å²) in [5, 5.41) is 8.87. The Labute approximate surface area is 136 Å². The van der Waals surface area contributed by atoms with E-state index >= 15 is 0 Å². The van der Waals surface area contributed by atoms with Gasteiger partial charge in [-0.15, -0.1) is 0 Å². The van der Waals surface area contributed by atoms with E-state index in [0.29, 0.717) is 6.54 Å². The molecule has 0 bridgehead atoms. The molecule has 1 aromatic rings. The van der Waals surface area contributed by atoms with E-state index in [-0.39, 0.29) is 29.9 Å². The summed E-state index contributed by atoms with van der Waals surface area (Å²) < 4.78 is 11.2. The maximum Gasteiger partial charge on any atom is 0.410 e. The van der Waals surface area contributed by atoms with Crippen molar-refractivity contribution in [3.8, 4) is 12.1 Å². The van der Waals surface area contributed by atoms with Crippen LogP contribution in [0, 0.1) is 11.3 Å². The molecule has 0 radical (unpaired) electrons. The number of likely N-dealkylation sites (tertiary alicyclic amines) is 1. The Morgan fingerprint density at radius 3 is 2.91 bits per heavy atom. The van der Waals surface area contributed by atoms with E-state index in [2.05, 4.69) is 9.97 Å². The van der Waals surface area contributed by atoms with Gasteiger partial charge in [-0.25, -0.2) is 9.78 Å². The number of carbonyl (C=O) groups excluding carboxylic acids is 1. The highest BCUT2D eigenvalue weighted by Crippen LogP contribution is 2.24. The van der Waals surface area contributed by atoms with Crippen molar-refractivity contribution in [2.24, 2.45) is 0 Å². The van der Waals surface area contributed by atoms with Crippen LogP contribution in [0.1, 0.15) is 46.2 Å². The molecule has 0 N–H and O–H groups in total. The Morgan fingerprint density at radius 2 is 2.26 bits per heavy atom. The van der Waals surface area contributed by atoms with Crippen molar-refractivity contribution in [2.75, 3.05) is 6.54 Å². The SMILES string of the molecule is C[C@H](Oc1nccc(C#N)n1)[C@@H]1CCCN1C(=O)OC(C)(C)C. The van der Waals surface area contributed by atoms with Gasteiger partial charge in [-0.1, -0.05) is 0 Å². The van der Waals surface area contributed by atoms with Crippen LogP contribution >= 0.6 is 0 Å². The molecule has 124 valence electrons. The standard InChI is InChI=1S/C16H22N4O3/c1-11(22-14-18-8-7-12(10-17)19-14)13-6-5-9-20(13)15(21)23-16(2,3)4/h7-8,11,13H,5-6,9H2,1-4H3/t11-,13-/m0/s1. The second kappa shape index (κ2) is 6.82. The Bertz CT molecular complexity index is 606. The average molecular weight is 318 g/mol. The van der Waals surface area contributed by atoms with Crippen LogP contribution in [0.2, 0.25) is 0 Å². The second-order valence-electron chi connectivity index (χ2n) is 6.54. The quantitative estimate of drug-likeness (QED) is 0.851. The summed E-state index contributed by atoms with van der Waals surface area (Å²) >= 11 is 0. The number of hydrogen-bond donors (Lipinski definition) is 0. The number of hydrogen-bond acceptors (Lipinski definition) is 6. The van der Waals surface area contributed by atoms with Gasteiger partial charge in [0.15, 0.2) is 0 Å². The van der Waals surface area contributed by atoms with Crippen molar-refractivity contribution in [1.82, 2.24) is 14.9 Å². The lowest BCUT2D eigenvalue weighted by atomic mass is 10.1. The molecule has 2 rings (SSSR count). The molecule has 0 aliphatic carbocycles. The molecule has 1 amide bonds. The number of nitriles is 1. The topological polar surface area (TPSA) is 88.3 Å². The van der Waals surface area contributed by atoms with Gasteiger partial charge in [-0.05, 0) is 46.6 Å². The molecule has 0 unspecified atom stereocenters. The van der Waals surface area contributed by atoms with Crippen LogP contribution in [0.3, 0.4) is 0 Å². The van der Waals surface area contributed by atoms with Crippen molar-refractivity contribution < 1.29 is 14.3 Å². The third-order valence-electron chi connectivity index (χ3n) is 3.51. The van der Waals surface area contributed by atoms with Gasteiger partial charge in [0, 0.05) is 12.7 Å². The van der Waals surface area contributed by atoms with Gasteiger partial charge in [0.2, 0.25) is 0 Å². The summed E-state index contributed by atoms with van der Waals surface area (Å²) in [5.74, 6) is 0. The minimum atomic E-state index is -0.529. The zero-order chi connectivity index (χ0) is 17.0. The van der Waals surface area contributed by atoms with E-state index in [1.54, 1.807) is 4.90 Å². The summed E-state index contributed by atoms with van der Waals surface area (Å²) in [7, 11) is 0. The van der Waals surface area contributed by atoms with Crippen LogP contribution in [0.15, 0.2) is 12.3 Å². The summed E-state index contributed by atoms with van der Waals surface area (Å²) in [6.45, 7) is 8.05. The molecular weight excluding hydrogens is 296 g/mol. The maximum absolute atomic E-state index is 12.3. The van der Waals surface area contributed by atoms with E-state index in [1.165, 1.54) is 12.3 Å². The van der Waals surface area contributed by atoms with Gasteiger partial charge < -0.3 is 14.4 Å². The Balaban J connectivity index is 2.04. The summed E-state index contributed by atoms with van der Waals surface area (Å²) in [4.78, 5) is 22.0. The van der Waals surface area contributed by atoms with E-state index in [4.69, 9.17) is 14.7 Å². The molecule has 1 aromatic heterocycles. The molecule has 1 fully saturated rings. The minimum absolute atomic E-state index is 0.0980. The highest BCUT2D eigenvalue weighted by Gasteiger charge is 2.36. The van der Waals surface area contributed by atoms with E-state index in [1.807, 2.05) is 33.8 Å². The molecule has 0 spiro atoms. The van der Waals surface area contributed by atoms with Crippen LogP contribution < -0.4 is 4.74 Å². The first kappa shape index (κ1) is 17.0. The van der Waals surface area contributed by atoms with E-state index in [0.717, 1.165) is 12.8 Å². The molecule has 2 heterocycles. The number of ether oxygens (including phenoxy) is 2. The molecule has 0 aromatic carbocycles. The van der Waals surface area contributed by atoms with Crippen molar-refractivity contribution in [3.05, 3.63) is 18.0 Å². The lowest BCUT2D eigenvalue weighted by Crippen LogP contribution is -2.46. The lowest BCUT2D eigenvalue weighted by molar-refractivity contribution is 0.0102. The molecule has 23 heavy (non-hydrogen) atoms. The molecule has 1 aliphatic heterocycles. The van der Waals surface area contributed by atoms with Crippen molar-refractivity contribution >= 4 is 6.09 Å². The molecule has 7 nitrogen and oxygen atoms in total. The zero-order valence-electron chi connectivity index (χ0n) is 13.9. The normalized spacial score (nSPS) is 19.1. The number of aromatic nitrogens is 2. The fourth-order valence-corrected chi connectivity index (χ4v) is 2.53. The average Bonchev–Trinajstić information content (AvgIpc) is 2.95. The van der Waals surface area contributed by atoms with Crippen LogP contribution in [0.5, 0.6) is 6.01 Å². The number of amides is 1. The third kappa shape index (κ3) is 4.55. The highest BCUT2D eigenvalue weighted by atomic mass is 16.6. The van der Waals surface area contributed by atoms with Gasteiger partial charge in [-0.3, -0.25) is 0 Å². The van der Waals surface area contributed by atoms with Crippen molar-refractivity contribution in [1.29, 1.82) is 5.26 Å². The van der Waals surface area contributed by atoms with Crippen molar-refractivity contribution in [3.63, 3.8) is 0 Å². The number of nitrogens with zero attached hydrogens (tertiary/aromatic N) is 4.